The number of phenolic OH excluding ortho intramolecular Hbond substituents is 1. The summed E-state index contributed by atoms with van der Waals surface area (Å²) < 4.78 is 13.4. The maximum absolute atomic E-state index is 13.4. The van der Waals surface area contributed by atoms with Crippen LogP contribution in [0.3, 0.4) is 0 Å². The van der Waals surface area contributed by atoms with E-state index in [1.807, 2.05) is 9.80 Å². The first-order chi connectivity index (χ1) is 12.4. The highest BCUT2D eigenvalue weighted by atomic mass is 19.1. The van der Waals surface area contributed by atoms with Crippen molar-refractivity contribution in [3.8, 4) is 5.75 Å². The zero-order valence-corrected chi connectivity index (χ0v) is 14.9. The number of hydrogen-bond donors (Lipinski definition) is 1. The molecular formula is C20H25FN2O3. The van der Waals surface area contributed by atoms with Gasteiger partial charge in [0.25, 0.3) is 0 Å². The quantitative estimate of drug-likeness (QED) is 0.839. The summed E-state index contributed by atoms with van der Waals surface area (Å²) in [6, 6.07) is 4.05. The summed E-state index contributed by atoms with van der Waals surface area (Å²) in [7, 11) is 0. The minimum atomic E-state index is -0.706. The molecule has 3 rings (SSSR count). The first-order valence-electron chi connectivity index (χ1n) is 9.06. The number of amides is 2. The molecule has 1 spiro atoms. The molecule has 0 bridgehead atoms. The van der Waals surface area contributed by atoms with E-state index in [0.29, 0.717) is 31.6 Å². The van der Waals surface area contributed by atoms with Gasteiger partial charge < -0.3 is 14.9 Å². The predicted molar refractivity (Wildman–Crippen MR) is 96.0 cm³/mol. The van der Waals surface area contributed by atoms with Gasteiger partial charge >= 0.3 is 0 Å². The SMILES string of the molecule is C=CCN1CC2(CCC1=O)CCN(C(=O)Cc1ccc(O)c(F)c1)CC2. The molecule has 2 amide bonds. The summed E-state index contributed by atoms with van der Waals surface area (Å²) in [6.45, 7) is 6.36. The third-order valence-corrected chi connectivity index (χ3v) is 5.64. The third kappa shape index (κ3) is 3.89. The second kappa shape index (κ2) is 7.48. The monoisotopic (exact) mass is 360 g/mol. The van der Waals surface area contributed by atoms with E-state index in [0.717, 1.165) is 25.8 Å². The molecule has 1 aromatic rings. The number of rotatable bonds is 4. The van der Waals surface area contributed by atoms with Crippen molar-refractivity contribution in [3.05, 3.63) is 42.2 Å². The lowest BCUT2D eigenvalue weighted by Gasteiger charge is -2.47. The molecule has 2 heterocycles. The highest BCUT2D eigenvalue weighted by molar-refractivity contribution is 5.79. The molecule has 0 aromatic heterocycles. The van der Waals surface area contributed by atoms with Crippen LogP contribution in [0.5, 0.6) is 5.75 Å². The van der Waals surface area contributed by atoms with Gasteiger partial charge in [0.05, 0.1) is 6.42 Å². The van der Waals surface area contributed by atoms with Gasteiger partial charge in [0.1, 0.15) is 0 Å². The van der Waals surface area contributed by atoms with E-state index in [1.54, 1.807) is 12.1 Å². The van der Waals surface area contributed by atoms with E-state index >= 15 is 0 Å². The van der Waals surface area contributed by atoms with Crippen molar-refractivity contribution in [1.29, 1.82) is 0 Å². The lowest BCUT2D eigenvalue weighted by Crippen LogP contribution is -2.52. The molecular weight excluding hydrogens is 335 g/mol. The van der Waals surface area contributed by atoms with Crippen molar-refractivity contribution in [3.63, 3.8) is 0 Å². The van der Waals surface area contributed by atoms with E-state index in [2.05, 4.69) is 6.58 Å². The molecule has 140 valence electrons. The van der Waals surface area contributed by atoms with Crippen molar-refractivity contribution in [1.82, 2.24) is 9.80 Å². The highest BCUT2D eigenvalue weighted by Crippen LogP contribution is 2.40. The second-order valence-electron chi connectivity index (χ2n) is 7.41. The number of carbonyl (C=O) groups is 2. The Kier molecular flexibility index (Phi) is 5.30. The van der Waals surface area contributed by atoms with Gasteiger partial charge in [-0.15, -0.1) is 6.58 Å². The van der Waals surface area contributed by atoms with E-state index in [4.69, 9.17) is 0 Å². The summed E-state index contributed by atoms with van der Waals surface area (Å²) in [5.74, 6) is -0.956. The van der Waals surface area contributed by atoms with Crippen LogP contribution < -0.4 is 0 Å². The zero-order valence-electron chi connectivity index (χ0n) is 14.9. The lowest BCUT2D eigenvalue weighted by atomic mass is 9.72. The number of likely N-dealkylation sites (tertiary alicyclic amines) is 2. The molecule has 1 N–H and O–H groups in total. The fourth-order valence-corrected chi connectivity index (χ4v) is 4.01. The smallest absolute Gasteiger partial charge is 0.226 e. The number of benzene rings is 1. The average molecular weight is 360 g/mol. The second-order valence-corrected chi connectivity index (χ2v) is 7.41. The normalized spacial score (nSPS) is 19.7. The van der Waals surface area contributed by atoms with E-state index < -0.39 is 11.6 Å². The number of phenols is 1. The first-order valence-corrected chi connectivity index (χ1v) is 9.06. The Balaban J connectivity index is 1.57. The summed E-state index contributed by atoms with van der Waals surface area (Å²) in [5.41, 5.74) is 0.657. The van der Waals surface area contributed by atoms with Crippen LogP contribution in [0.25, 0.3) is 0 Å². The van der Waals surface area contributed by atoms with Gasteiger partial charge in [-0.25, -0.2) is 4.39 Å². The number of halogens is 1. The lowest BCUT2D eigenvalue weighted by molar-refractivity contribution is -0.141. The van der Waals surface area contributed by atoms with Crippen molar-refractivity contribution < 1.29 is 19.1 Å². The van der Waals surface area contributed by atoms with Crippen molar-refractivity contribution in [2.75, 3.05) is 26.2 Å². The van der Waals surface area contributed by atoms with E-state index in [-0.39, 0.29) is 23.7 Å². The van der Waals surface area contributed by atoms with Gasteiger partial charge in [0.2, 0.25) is 11.8 Å². The summed E-state index contributed by atoms with van der Waals surface area (Å²) in [6.07, 6.45) is 5.09. The van der Waals surface area contributed by atoms with Gasteiger partial charge in [-0.2, -0.15) is 0 Å². The Morgan fingerprint density at radius 1 is 1.31 bits per heavy atom. The third-order valence-electron chi connectivity index (χ3n) is 5.64. The Bertz CT molecular complexity index is 711. The molecule has 0 unspecified atom stereocenters. The van der Waals surface area contributed by atoms with E-state index in [9.17, 15) is 19.1 Å². The number of carbonyl (C=O) groups excluding carboxylic acids is 2. The average Bonchev–Trinajstić information content (AvgIpc) is 2.62. The van der Waals surface area contributed by atoms with Crippen molar-refractivity contribution in [2.24, 2.45) is 5.41 Å². The molecule has 26 heavy (non-hydrogen) atoms. The molecule has 6 heteroatoms. The summed E-state index contributed by atoms with van der Waals surface area (Å²) in [5, 5.41) is 9.24. The minimum absolute atomic E-state index is 0.0280. The zero-order chi connectivity index (χ0) is 18.7. The molecule has 2 saturated heterocycles. The summed E-state index contributed by atoms with van der Waals surface area (Å²) >= 11 is 0. The Morgan fingerprint density at radius 2 is 2.04 bits per heavy atom. The van der Waals surface area contributed by atoms with Gasteiger partial charge in [-0.05, 0) is 42.4 Å². The largest absolute Gasteiger partial charge is 0.505 e. The van der Waals surface area contributed by atoms with Crippen LogP contribution in [0, 0.1) is 11.2 Å². The molecule has 2 fully saturated rings. The fraction of sp³-hybridized carbons (Fsp3) is 0.500. The summed E-state index contributed by atoms with van der Waals surface area (Å²) in [4.78, 5) is 28.2. The van der Waals surface area contributed by atoms with Crippen LogP contribution in [0.1, 0.15) is 31.2 Å². The molecule has 5 nitrogen and oxygen atoms in total. The van der Waals surface area contributed by atoms with Gasteiger partial charge in [0.15, 0.2) is 11.6 Å². The molecule has 0 saturated carbocycles. The molecule has 1 aromatic carbocycles. The van der Waals surface area contributed by atoms with Gasteiger partial charge in [-0.1, -0.05) is 12.1 Å². The minimum Gasteiger partial charge on any atom is -0.505 e. The molecule has 2 aliphatic rings. The van der Waals surface area contributed by atoms with Crippen LogP contribution in [0.2, 0.25) is 0 Å². The van der Waals surface area contributed by atoms with E-state index in [1.165, 1.54) is 12.1 Å². The van der Waals surface area contributed by atoms with Crippen LogP contribution in [-0.4, -0.2) is 52.9 Å². The number of piperidine rings is 2. The Morgan fingerprint density at radius 3 is 2.69 bits per heavy atom. The Hall–Kier alpha value is -2.37. The maximum atomic E-state index is 13.4. The van der Waals surface area contributed by atoms with Gasteiger partial charge in [-0.3, -0.25) is 9.59 Å². The first kappa shape index (κ1) is 18.4. The number of hydrogen-bond acceptors (Lipinski definition) is 3. The molecule has 0 aliphatic carbocycles. The molecule has 0 radical (unpaired) electrons. The maximum Gasteiger partial charge on any atom is 0.226 e. The van der Waals surface area contributed by atoms with Crippen LogP contribution in [0.4, 0.5) is 4.39 Å². The Labute approximate surface area is 153 Å². The number of aromatic hydroxyl groups is 1. The number of nitrogens with zero attached hydrogens (tertiary/aromatic N) is 2. The van der Waals surface area contributed by atoms with Crippen LogP contribution in [0.15, 0.2) is 30.9 Å². The molecule has 2 aliphatic heterocycles. The molecule has 0 atom stereocenters. The van der Waals surface area contributed by atoms with Crippen LogP contribution in [-0.2, 0) is 16.0 Å². The topological polar surface area (TPSA) is 60.9 Å². The van der Waals surface area contributed by atoms with Gasteiger partial charge in [0, 0.05) is 32.6 Å². The fourth-order valence-electron chi connectivity index (χ4n) is 4.01. The van der Waals surface area contributed by atoms with Crippen molar-refractivity contribution in [2.45, 2.75) is 32.1 Å². The predicted octanol–water partition coefficient (Wildman–Crippen LogP) is 2.49. The van der Waals surface area contributed by atoms with Crippen molar-refractivity contribution >= 4 is 11.8 Å². The standard InChI is InChI=1S/C20H25FN2O3/c1-2-9-23-14-20(6-5-18(23)25)7-10-22(11-8-20)19(26)13-15-3-4-17(24)16(21)12-15/h2-4,12,24H,1,5-11,13-14H2. The highest BCUT2D eigenvalue weighted by Gasteiger charge is 2.41. The van der Waals surface area contributed by atoms with Crippen LogP contribution >= 0.6 is 0 Å².